The van der Waals surface area contributed by atoms with Crippen LogP contribution >= 0.6 is 11.6 Å². The Hall–Kier alpha value is -2.61. The van der Waals surface area contributed by atoms with Crippen LogP contribution < -0.4 is 10.0 Å². The molecule has 0 atom stereocenters. The number of furan rings is 1. The van der Waals surface area contributed by atoms with Gasteiger partial charge in [-0.2, -0.15) is 0 Å². The number of carbonyl (C=O) groups excluding carboxylic acids is 1. The van der Waals surface area contributed by atoms with Gasteiger partial charge < -0.3 is 9.73 Å². The molecule has 2 N–H and O–H groups in total. The Morgan fingerprint density at radius 1 is 1.07 bits per heavy atom. The minimum atomic E-state index is -3.71. The van der Waals surface area contributed by atoms with Crippen LogP contribution in [0.5, 0.6) is 0 Å². The van der Waals surface area contributed by atoms with E-state index in [0.717, 1.165) is 5.56 Å². The molecule has 0 aliphatic heterocycles. The zero-order chi connectivity index (χ0) is 19.4. The molecule has 2 aromatic carbocycles. The summed E-state index contributed by atoms with van der Waals surface area (Å²) in [5, 5.41) is 3.32. The molecule has 1 amide bonds. The van der Waals surface area contributed by atoms with Crippen LogP contribution in [0.25, 0.3) is 0 Å². The van der Waals surface area contributed by atoms with Crippen molar-refractivity contribution in [2.45, 2.75) is 18.4 Å². The Morgan fingerprint density at radius 2 is 1.81 bits per heavy atom. The number of rotatable bonds is 6. The highest BCUT2D eigenvalue weighted by Crippen LogP contribution is 2.23. The molecule has 0 saturated carbocycles. The van der Waals surface area contributed by atoms with Crippen LogP contribution in [-0.2, 0) is 16.6 Å². The van der Waals surface area contributed by atoms with Gasteiger partial charge in [-0.25, -0.2) is 13.1 Å². The average Bonchev–Trinajstić information content (AvgIpc) is 3.18. The number of nitrogens with one attached hydrogen (secondary N) is 2. The fourth-order valence-corrected chi connectivity index (χ4v) is 3.55. The van der Waals surface area contributed by atoms with Crippen LogP contribution in [0.1, 0.15) is 21.7 Å². The van der Waals surface area contributed by atoms with Gasteiger partial charge in [0, 0.05) is 16.3 Å². The lowest BCUT2D eigenvalue weighted by atomic mass is 10.1. The molecule has 3 rings (SSSR count). The van der Waals surface area contributed by atoms with Crippen LogP contribution in [0.3, 0.4) is 0 Å². The lowest BCUT2D eigenvalue weighted by Gasteiger charge is -2.10. The molecule has 27 heavy (non-hydrogen) atoms. The molecule has 140 valence electrons. The van der Waals surface area contributed by atoms with Gasteiger partial charge in [-0.3, -0.25) is 4.79 Å². The van der Waals surface area contributed by atoms with E-state index < -0.39 is 10.0 Å². The molecule has 8 heteroatoms. The first-order chi connectivity index (χ1) is 12.9. The molecule has 0 bridgehead atoms. The molecule has 0 fully saturated rings. The molecule has 0 saturated heterocycles. The Kier molecular flexibility index (Phi) is 5.65. The third kappa shape index (κ3) is 4.57. The van der Waals surface area contributed by atoms with Crippen molar-refractivity contribution in [3.63, 3.8) is 0 Å². The number of benzene rings is 2. The zero-order valence-electron chi connectivity index (χ0n) is 14.4. The quantitative estimate of drug-likeness (QED) is 0.650. The summed E-state index contributed by atoms with van der Waals surface area (Å²) >= 11 is 6.05. The maximum atomic E-state index is 12.4. The predicted octanol–water partition coefficient (Wildman–Crippen LogP) is 3.97. The molecule has 0 unspecified atom stereocenters. The van der Waals surface area contributed by atoms with Crippen LogP contribution in [0.15, 0.2) is 70.2 Å². The number of hydrogen-bond donors (Lipinski definition) is 2. The van der Waals surface area contributed by atoms with Crippen molar-refractivity contribution >= 4 is 33.2 Å². The van der Waals surface area contributed by atoms with Gasteiger partial charge in [-0.05, 0) is 61.0 Å². The van der Waals surface area contributed by atoms with Crippen molar-refractivity contribution in [1.82, 2.24) is 4.72 Å². The number of amides is 1. The van der Waals surface area contributed by atoms with Crippen molar-refractivity contribution in [2.24, 2.45) is 0 Å². The van der Waals surface area contributed by atoms with E-state index in [1.54, 1.807) is 37.3 Å². The summed E-state index contributed by atoms with van der Waals surface area (Å²) in [6.07, 6.45) is 1.47. The minimum Gasteiger partial charge on any atom is -0.468 e. The lowest BCUT2D eigenvalue weighted by molar-refractivity contribution is 0.102. The van der Waals surface area contributed by atoms with E-state index in [1.165, 1.54) is 30.5 Å². The molecular weight excluding hydrogens is 388 g/mol. The van der Waals surface area contributed by atoms with Gasteiger partial charge in [0.05, 0.1) is 17.7 Å². The van der Waals surface area contributed by atoms with Crippen molar-refractivity contribution < 1.29 is 17.6 Å². The third-order valence-corrected chi connectivity index (χ3v) is 5.79. The zero-order valence-corrected chi connectivity index (χ0v) is 16.0. The van der Waals surface area contributed by atoms with Crippen LogP contribution in [0, 0.1) is 6.92 Å². The smallest absolute Gasteiger partial charge is 0.255 e. The molecular formula is C19H17ClN2O4S. The number of halogens is 1. The summed E-state index contributed by atoms with van der Waals surface area (Å²) in [6, 6.07) is 14.2. The van der Waals surface area contributed by atoms with E-state index >= 15 is 0 Å². The summed E-state index contributed by atoms with van der Waals surface area (Å²) in [5.41, 5.74) is 1.69. The van der Waals surface area contributed by atoms with Crippen LogP contribution in [0.2, 0.25) is 5.02 Å². The topological polar surface area (TPSA) is 88.4 Å². The molecule has 1 aromatic heterocycles. The maximum absolute atomic E-state index is 12.4. The second-order valence-electron chi connectivity index (χ2n) is 5.79. The summed E-state index contributed by atoms with van der Waals surface area (Å²) in [7, 11) is -3.71. The highest BCUT2D eigenvalue weighted by Gasteiger charge is 2.16. The van der Waals surface area contributed by atoms with Gasteiger partial charge in [0.15, 0.2) is 0 Å². The SMILES string of the molecule is Cc1c(Cl)cccc1NC(=O)c1ccc(S(=O)(=O)NCc2ccco2)cc1. The molecule has 0 aliphatic rings. The lowest BCUT2D eigenvalue weighted by Crippen LogP contribution is -2.23. The van der Waals surface area contributed by atoms with E-state index in [1.807, 2.05) is 0 Å². The standard InChI is InChI=1S/C19H17ClN2O4S/c1-13-17(20)5-2-6-18(13)22-19(23)14-7-9-16(10-8-14)27(24,25)21-12-15-4-3-11-26-15/h2-11,21H,12H2,1H3,(H,22,23). The normalized spacial score (nSPS) is 11.3. The largest absolute Gasteiger partial charge is 0.468 e. The Morgan fingerprint density at radius 3 is 2.48 bits per heavy atom. The first-order valence-electron chi connectivity index (χ1n) is 8.05. The van der Waals surface area contributed by atoms with E-state index in [4.69, 9.17) is 16.0 Å². The number of anilines is 1. The molecule has 0 aliphatic carbocycles. The Balaban J connectivity index is 1.70. The summed E-state index contributed by atoms with van der Waals surface area (Å²) < 4.78 is 32.2. The van der Waals surface area contributed by atoms with Gasteiger partial charge in [-0.1, -0.05) is 17.7 Å². The number of carbonyl (C=O) groups is 1. The second-order valence-corrected chi connectivity index (χ2v) is 7.97. The average molecular weight is 405 g/mol. The van der Waals surface area contributed by atoms with Crippen molar-refractivity contribution in [3.05, 3.63) is 82.8 Å². The monoisotopic (exact) mass is 404 g/mol. The van der Waals surface area contributed by atoms with Crippen molar-refractivity contribution in [1.29, 1.82) is 0 Å². The van der Waals surface area contributed by atoms with Gasteiger partial charge in [-0.15, -0.1) is 0 Å². The molecule has 0 radical (unpaired) electrons. The van der Waals surface area contributed by atoms with E-state index in [2.05, 4.69) is 10.0 Å². The summed E-state index contributed by atoms with van der Waals surface area (Å²) in [4.78, 5) is 12.4. The summed E-state index contributed by atoms with van der Waals surface area (Å²) in [5.74, 6) is 0.152. The number of sulfonamides is 1. The number of hydrogen-bond acceptors (Lipinski definition) is 4. The molecule has 0 spiro atoms. The third-order valence-electron chi connectivity index (χ3n) is 3.96. The Bertz CT molecular complexity index is 1050. The second kappa shape index (κ2) is 7.96. The molecule has 6 nitrogen and oxygen atoms in total. The van der Waals surface area contributed by atoms with Crippen LogP contribution in [0.4, 0.5) is 5.69 Å². The molecule has 3 aromatic rings. The summed E-state index contributed by atoms with van der Waals surface area (Å²) in [6.45, 7) is 1.85. The van der Waals surface area contributed by atoms with Crippen LogP contribution in [-0.4, -0.2) is 14.3 Å². The molecule has 1 heterocycles. The highest BCUT2D eigenvalue weighted by molar-refractivity contribution is 7.89. The predicted molar refractivity (Wildman–Crippen MR) is 103 cm³/mol. The first kappa shape index (κ1) is 19.2. The maximum Gasteiger partial charge on any atom is 0.255 e. The van der Waals surface area contributed by atoms with Gasteiger partial charge in [0.1, 0.15) is 5.76 Å². The van der Waals surface area contributed by atoms with E-state index in [9.17, 15) is 13.2 Å². The van der Waals surface area contributed by atoms with E-state index in [0.29, 0.717) is 22.0 Å². The van der Waals surface area contributed by atoms with Gasteiger partial charge in [0.25, 0.3) is 5.91 Å². The van der Waals surface area contributed by atoms with Crippen molar-refractivity contribution in [3.8, 4) is 0 Å². The Labute approximate surface area is 162 Å². The first-order valence-corrected chi connectivity index (χ1v) is 9.91. The highest BCUT2D eigenvalue weighted by atomic mass is 35.5. The van der Waals surface area contributed by atoms with Gasteiger partial charge >= 0.3 is 0 Å². The fraction of sp³-hybridized carbons (Fsp3) is 0.105. The minimum absolute atomic E-state index is 0.0472. The van der Waals surface area contributed by atoms with E-state index in [-0.39, 0.29) is 17.3 Å². The van der Waals surface area contributed by atoms with Crippen molar-refractivity contribution in [2.75, 3.05) is 5.32 Å². The van der Waals surface area contributed by atoms with Gasteiger partial charge in [0.2, 0.25) is 10.0 Å². The fourth-order valence-electron chi connectivity index (χ4n) is 2.39.